The summed E-state index contributed by atoms with van der Waals surface area (Å²) in [6.45, 7) is 6.38. The number of furan rings is 1. The van der Waals surface area contributed by atoms with Gasteiger partial charge in [-0.25, -0.2) is 0 Å². The second-order valence-electron chi connectivity index (χ2n) is 5.43. The van der Waals surface area contributed by atoms with Crippen LogP contribution in [0.3, 0.4) is 0 Å². The molecule has 1 amide bonds. The molecule has 0 radical (unpaired) electrons. The van der Waals surface area contributed by atoms with Crippen molar-refractivity contribution in [1.82, 2.24) is 5.32 Å². The van der Waals surface area contributed by atoms with Crippen molar-refractivity contribution in [2.75, 3.05) is 7.05 Å². The average molecular weight is 322 g/mol. The second kappa shape index (κ2) is 6.88. The topological polar surface area (TPSA) is 51.5 Å². The Morgan fingerprint density at radius 1 is 1.36 bits per heavy atom. The number of hydrogen-bond acceptors (Lipinski definition) is 3. The van der Waals surface area contributed by atoms with E-state index in [4.69, 9.17) is 20.8 Å². The Kier molecular flexibility index (Phi) is 5.14. The van der Waals surface area contributed by atoms with Crippen molar-refractivity contribution in [3.63, 3.8) is 0 Å². The quantitative estimate of drug-likeness (QED) is 0.893. The summed E-state index contributed by atoms with van der Waals surface area (Å²) < 4.78 is 11.3. The van der Waals surface area contributed by atoms with Crippen molar-refractivity contribution in [2.45, 2.75) is 33.3 Å². The molecule has 22 heavy (non-hydrogen) atoms. The van der Waals surface area contributed by atoms with E-state index in [1.807, 2.05) is 19.1 Å². The number of aryl methyl sites for hydroxylation is 1. The van der Waals surface area contributed by atoms with Crippen molar-refractivity contribution in [1.29, 1.82) is 0 Å². The van der Waals surface area contributed by atoms with Crippen molar-refractivity contribution < 1.29 is 13.9 Å². The molecule has 2 aromatic rings. The fourth-order valence-corrected chi connectivity index (χ4v) is 2.27. The molecule has 1 aromatic carbocycles. The van der Waals surface area contributed by atoms with Gasteiger partial charge in [0.2, 0.25) is 0 Å². The maximum Gasteiger partial charge on any atom is 0.286 e. The molecule has 0 unspecified atom stereocenters. The third kappa shape index (κ3) is 3.63. The molecule has 0 bridgehead atoms. The molecule has 0 fully saturated rings. The van der Waals surface area contributed by atoms with E-state index in [-0.39, 0.29) is 18.3 Å². The lowest BCUT2D eigenvalue weighted by atomic mass is 10.0. The van der Waals surface area contributed by atoms with E-state index in [1.54, 1.807) is 19.2 Å². The minimum absolute atomic E-state index is 0.253. The fraction of sp³-hybridized carbons (Fsp3) is 0.353. The predicted octanol–water partition coefficient (Wildman–Crippen LogP) is 4.30. The summed E-state index contributed by atoms with van der Waals surface area (Å²) in [6.07, 6.45) is 0. The first-order valence-electron chi connectivity index (χ1n) is 7.16. The minimum Gasteiger partial charge on any atom is -0.485 e. The van der Waals surface area contributed by atoms with Crippen LogP contribution in [0.15, 0.2) is 28.7 Å². The molecule has 0 spiro atoms. The maximum atomic E-state index is 11.5. The highest BCUT2D eigenvalue weighted by Crippen LogP contribution is 2.32. The van der Waals surface area contributed by atoms with Crippen molar-refractivity contribution in [3.8, 4) is 5.75 Å². The average Bonchev–Trinajstić information content (AvgIpc) is 2.95. The van der Waals surface area contributed by atoms with Crippen LogP contribution >= 0.6 is 11.6 Å². The Hall–Kier alpha value is -1.94. The molecular weight excluding hydrogens is 302 g/mol. The molecular formula is C17H20ClNO3. The summed E-state index contributed by atoms with van der Waals surface area (Å²) in [6, 6.07) is 7.24. The summed E-state index contributed by atoms with van der Waals surface area (Å²) in [5.41, 5.74) is 2.01. The predicted molar refractivity (Wildman–Crippen MR) is 86.7 cm³/mol. The lowest BCUT2D eigenvalue weighted by molar-refractivity contribution is 0.0931. The largest absolute Gasteiger partial charge is 0.485 e. The zero-order chi connectivity index (χ0) is 16.3. The Bertz CT molecular complexity index is 677. The van der Waals surface area contributed by atoms with Gasteiger partial charge in [-0.15, -0.1) is 0 Å². The Morgan fingerprint density at radius 3 is 2.73 bits per heavy atom. The smallest absolute Gasteiger partial charge is 0.286 e. The number of benzene rings is 1. The highest BCUT2D eigenvalue weighted by molar-refractivity contribution is 6.31. The van der Waals surface area contributed by atoms with Crippen LogP contribution in [0.2, 0.25) is 5.02 Å². The van der Waals surface area contributed by atoms with Crippen LogP contribution in [0.5, 0.6) is 5.75 Å². The van der Waals surface area contributed by atoms with Gasteiger partial charge in [0, 0.05) is 12.1 Å². The van der Waals surface area contributed by atoms with Crippen molar-refractivity contribution in [3.05, 3.63) is 51.9 Å². The zero-order valence-electron chi connectivity index (χ0n) is 13.2. The van der Waals surface area contributed by atoms with Gasteiger partial charge in [0.05, 0.1) is 0 Å². The highest BCUT2D eigenvalue weighted by atomic mass is 35.5. The Morgan fingerprint density at radius 2 is 2.09 bits per heavy atom. The van der Waals surface area contributed by atoms with E-state index in [1.165, 1.54) is 0 Å². The summed E-state index contributed by atoms with van der Waals surface area (Å²) >= 11 is 6.18. The number of ether oxygens (including phenoxy) is 1. The molecule has 0 aliphatic rings. The van der Waals surface area contributed by atoms with Gasteiger partial charge in [-0.1, -0.05) is 25.4 Å². The van der Waals surface area contributed by atoms with E-state index >= 15 is 0 Å². The maximum absolute atomic E-state index is 11.5. The minimum atomic E-state index is -0.253. The standard InChI is InChI=1S/C17H20ClNO3/c1-10(2)13-8-14(18)11(3)7-16(13)21-9-12-5-6-15(22-12)17(20)19-4/h5-8,10H,9H2,1-4H3,(H,19,20). The zero-order valence-corrected chi connectivity index (χ0v) is 14.0. The van der Waals surface area contributed by atoms with Crippen molar-refractivity contribution >= 4 is 17.5 Å². The Balaban J connectivity index is 2.16. The van der Waals surface area contributed by atoms with Gasteiger partial charge < -0.3 is 14.5 Å². The van der Waals surface area contributed by atoms with Crippen LogP contribution in [-0.4, -0.2) is 13.0 Å². The number of carbonyl (C=O) groups excluding carboxylic acids is 1. The van der Waals surface area contributed by atoms with Crippen LogP contribution in [0, 0.1) is 6.92 Å². The molecule has 1 aromatic heterocycles. The molecule has 0 aliphatic heterocycles. The second-order valence-corrected chi connectivity index (χ2v) is 5.83. The van der Waals surface area contributed by atoms with Gasteiger partial charge in [-0.2, -0.15) is 0 Å². The summed E-state index contributed by atoms with van der Waals surface area (Å²) in [5.74, 6) is 1.70. The molecule has 118 valence electrons. The van der Waals surface area contributed by atoms with Gasteiger partial charge in [-0.05, 0) is 48.2 Å². The molecule has 2 rings (SSSR count). The van der Waals surface area contributed by atoms with E-state index in [0.717, 1.165) is 21.9 Å². The van der Waals surface area contributed by atoms with E-state index in [2.05, 4.69) is 19.2 Å². The lowest BCUT2D eigenvalue weighted by Gasteiger charge is -2.15. The molecule has 1 heterocycles. The van der Waals surface area contributed by atoms with E-state index in [0.29, 0.717) is 11.7 Å². The number of hydrogen-bond donors (Lipinski definition) is 1. The first kappa shape index (κ1) is 16.4. The van der Waals surface area contributed by atoms with Gasteiger partial charge >= 0.3 is 0 Å². The summed E-state index contributed by atoms with van der Waals surface area (Å²) in [4.78, 5) is 11.5. The first-order chi connectivity index (χ1) is 10.4. The molecule has 4 nitrogen and oxygen atoms in total. The monoisotopic (exact) mass is 321 g/mol. The summed E-state index contributed by atoms with van der Waals surface area (Å²) in [5, 5.41) is 3.25. The van der Waals surface area contributed by atoms with Crippen LogP contribution in [0.4, 0.5) is 0 Å². The SMILES string of the molecule is CNC(=O)c1ccc(COc2cc(C)c(Cl)cc2C(C)C)o1. The highest BCUT2D eigenvalue weighted by Gasteiger charge is 2.13. The van der Waals surface area contributed by atoms with Gasteiger partial charge in [0.1, 0.15) is 18.1 Å². The normalized spacial score (nSPS) is 10.8. The third-order valence-electron chi connectivity index (χ3n) is 3.40. The molecule has 0 saturated heterocycles. The van der Waals surface area contributed by atoms with Crippen molar-refractivity contribution in [2.24, 2.45) is 0 Å². The number of amides is 1. The van der Waals surface area contributed by atoms with Gasteiger partial charge in [0.15, 0.2) is 5.76 Å². The van der Waals surface area contributed by atoms with Crippen LogP contribution in [-0.2, 0) is 6.61 Å². The molecule has 0 saturated carbocycles. The molecule has 1 N–H and O–H groups in total. The van der Waals surface area contributed by atoms with E-state index in [9.17, 15) is 4.79 Å². The number of halogens is 1. The van der Waals surface area contributed by atoms with Gasteiger partial charge in [0.25, 0.3) is 5.91 Å². The molecule has 0 atom stereocenters. The van der Waals surface area contributed by atoms with Gasteiger partial charge in [-0.3, -0.25) is 4.79 Å². The molecule has 0 aliphatic carbocycles. The lowest BCUT2D eigenvalue weighted by Crippen LogP contribution is -2.16. The third-order valence-corrected chi connectivity index (χ3v) is 3.80. The van der Waals surface area contributed by atoms with Crippen LogP contribution in [0.1, 0.15) is 47.2 Å². The number of carbonyl (C=O) groups is 1. The summed E-state index contributed by atoms with van der Waals surface area (Å²) in [7, 11) is 1.56. The fourth-order valence-electron chi connectivity index (χ4n) is 2.10. The van der Waals surface area contributed by atoms with E-state index < -0.39 is 0 Å². The molecule has 5 heteroatoms. The first-order valence-corrected chi connectivity index (χ1v) is 7.53. The van der Waals surface area contributed by atoms with Crippen LogP contribution < -0.4 is 10.1 Å². The number of rotatable bonds is 5. The van der Waals surface area contributed by atoms with Crippen LogP contribution in [0.25, 0.3) is 0 Å². The number of nitrogens with one attached hydrogen (secondary N) is 1. The Labute approximate surface area is 135 Å².